The normalized spacial score (nSPS) is 14.4. The Kier molecular flexibility index (Phi) is 3.89. The molecule has 0 aromatic heterocycles. The van der Waals surface area contributed by atoms with E-state index in [2.05, 4.69) is 5.32 Å². The minimum atomic E-state index is -0.449. The molecule has 6 nitrogen and oxygen atoms in total. The first-order chi connectivity index (χ1) is 9.09. The highest BCUT2D eigenvalue weighted by atomic mass is 16.5. The summed E-state index contributed by atoms with van der Waals surface area (Å²) in [7, 11) is 0. The molecule has 1 aliphatic heterocycles. The van der Waals surface area contributed by atoms with Crippen molar-refractivity contribution >= 4 is 17.7 Å². The van der Waals surface area contributed by atoms with Crippen LogP contribution in [0.1, 0.15) is 15.9 Å². The molecule has 0 spiro atoms. The highest BCUT2D eigenvalue weighted by Gasteiger charge is 2.20. The Hall–Kier alpha value is -2.24. The van der Waals surface area contributed by atoms with E-state index in [4.69, 9.17) is 10.5 Å². The SMILES string of the molecule is Cc1cccc(N)c1C(=O)OCCN1CCNC1=O. The first-order valence-corrected chi connectivity index (χ1v) is 6.14. The summed E-state index contributed by atoms with van der Waals surface area (Å²) < 4.78 is 5.16. The molecule has 1 fully saturated rings. The number of anilines is 1. The molecule has 0 atom stereocenters. The highest BCUT2D eigenvalue weighted by Crippen LogP contribution is 2.17. The number of carbonyl (C=O) groups excluding carboxylic acids is 2. The molecule has 0 aliphatic carbocycles. The van der Waals surface area contributed by atoms with E-state index in [1.54, 1.807) is 30.0 Å². The Balaban J connectivity index is 1.89. The van der Waals surface area contributed by atoms with Gasteiger partial charge >= 0.3 is 12.0 Å². The van der Waals surface area contributed by atoms with Gasteiger partial charge in [-0.15, -0.1) is 0 Å². The molecule has 1 aromatic rings. The maximum Gasteiger partial charge on any atom is 0.340 e. The Morgan fingerprint density at radius 2 is 2.32 bits per heavy atom. The summed E-state index contributed by atoms with van der Waals surface area (Å²) >= 11 is 0. The van der Waals surface area contributed by atoms with Gasteiger partial charge in [0.1, 0.15) is 6.61 Å². The van der Waals surface area contributed by atoms with Gasteiger partial charge in [0.05, 0.1) is 12.1 Å². The van der Waals surface area contributed by atoms with Crippen LogP contribution in [-0.2, 0) is 4.74 Å². The minimum absolute atomic E-state index is 0.119. The zero-order valence-electron chi connectivity index (χ0n) is 10.8. The minimum Gasteiger partial charge on any atom is -0.460 e. The Morgan fingerprint density at radius 3 is 2.95 bits per heavy atom. The first kappa shape index (κ1) is 13.2. The molecular formula is C13H17N3O3. The van der Waals surface area contributed by atoms with Crippen LogP contribution in [0.25, 0.3) is 0 Å². The Bertz CT molecular complexity index is 482. The van der Waals surface area contributed by atoms with Crippen LogP contribution in [0.5, 0.6) is 0 Å². The van der Waals surface area contributed by atoms with Gasteiger partial charge < -0.3 is 20.7 Å². The molecule has 3 N–H and O–H groups in total. The second kappa shape index (κ2) is 5.60. The van der Waals surface area contributed by atoms with E-state index in [-0.39, 0.29) is 12.6 Å². The van der Waals surface area contributed by atoms with E-state index in [0.717, 1.165) is 5.56 Å². The van der Waals surface area contributed by atoms with E-state index >= 15 is 0 Å². The number of hydrogen-bond acceptors (Lipinski definition) is 4. The number of amides is 2. The molecule has 102 valence electrons. The third kappa shape index (κ3) is 2.96. The van der Waals surface area contributed by atoms with Crippen LogP contribution in [0, 0.1) is 6.92 Å². The van der Waals surface area contributed by atoms with E-state index in [9.17, 15) is 9.59 Å². The van der Waals surface area contributed by atoms with Crippen molar-refractivity contribution in [2.24, 2.45) is 0 Å². The summed E-state index contributed by atoms with van der Waals surface area (Å²) in [5, 5.41) is 2.68. The predicted octanol–water partition coefficient (Wildman–Crippen LogP) is 0.759. The number of benzene rings is 1. The number of nitrogen functional groups attached to an aromatic ring is 1. The average molecular weight is 263 g/mol. The highest BCUT2D eigenvalue weighted by molar-refractivity contribution is 5.96. The number of urea groups is 1. The van der Waals surface area contributed by atoms with Crippen molar-refractivity contribution in [1.29, 1.82) is 0 Å². The quantitative estimate of drug-likeness (QED) is 0.620. The standard InChI is InChI=1S/C13H17N3O3/c1-9-3-2-4-10(14)11(9)12(17)19-8-7-16-6-5-15-13(16)18/h2-4H,5-8,14H2,1H3,(H,15,18). The molecule has 2 amide bonds. The number of nitrogens with zero attached hydrogens (tertiary/aromatic N) is 1. The molecule has 2 rings (SSSR count). The lowest BCUT2D eigenvalue weighted by molar-refractivity contribution is 0.0482. The topological polar surface area (TPSA) is 84.7 Å². The largest absolute Gasteiger partial charge is 0.460 e. The molecule has 1 aromatic carbocycles. The molecular weight excluding hydrogens is 246 g/mol. The van der Waals surface area contributed by atoms with Gasteiger partial charge in [0.25, 0.3) is 0 Å². The lowest BCUT2D eigenvalue weighted by Gasteiger charge is -2.14. The molecule has 1 aliphatic rings. The van der Waals surface area contributed by atoms with Gasteiger partial charge in [-0.1, -0.05) is 12.1 Å². The third-order valence-corrected chi connectivity index (χ3v) is 3.05. The van der Waals surface area contributed by atoms with Crippen molar-refractivity contribution in [2.75, 3.05) is 32.0 Å². The molecule has 0 bridgehead atoms. The fourth-order valence-corrected chi connectivity index (χ4v) is 2.01. The molecule has 0 unspecified atom stereocenters. The number of carbonyl (C=O) groups is 2. The van der Waals surface area contributed by atoms with Crippen molar-refractivity contribution in [3.63, 3.8) is 0 Å². The second-order valence-corrected chi connectivity index (χ2v) is 4.39. The molecule has 0 saturated carbocycles. The predicted molar refractivity (Wildman–Crippen MR) is 70.8 cm³/mol. The van der Waals surface area contributed by atoms with Crippen LogP contribution in [0.4, 0.5) is 10.5 Å². The van der Waals surface area contributed by atoms with Gasteiger partial charge in [0.2, 0.25) is 0 Å². The number of esters is 1. The third-order valence-electron chi connectivity index (χ3n) is 3.05. The van der Waals surface area contributed by atoms with Crippen LogP contribution in [0.3, 0.4) is 0 Å². The smallest absolute Gasteiger partial charge is 0.340 e. The zero-order valence-corrected chi connectivity index (χ0v) is 10.8. The number of aryl methyl sites for hydroxylation is 1. The summed E-state index contributed by atoms with van der Waals surface area (Å²) in [6, 6.07) is 5.14. The van der Waals surface area contributed by atoms with E-state index in [1.165, 1.54) is 0 Å². The van der Waals surface area contributed by atoms with Crippen molar-refractivity contribution < 1.29 is 14.3 Å². The summed E-state index contributed by atoms with van der Waals surface area (Å²) in [6.45, 7) is 3.64. The molecule has 0 radical (unpaired) electrons. The first-order valence-electron chi connectivity index (χ1n) is 6.14. The summed E-state index contributed by atoms with van der Waals surface area (Å²) in [5.41, 5.74) is 7.35. The van der Waals surface area contributed by atoms with Crippen molar-refractivity contribution in [3.05, 3.63) is 29.3 Å². The number of nitrogens with one attached hydrogen (secondary N) is 1. The van der Waals surface area contributed by atoms with Crippen LogP contribution in [0.2, 0.25) is 0 Å². The van der Waals surface area contributed by atoms with Gasteiger partial charge in [0, 0.05) is 18.8 Å². The summed E-state index contributed by atoms with van der Waals surface area (Å²) in [5.74, 6) is -0.449. The average Bonchev–Trinajstić information content (AvgIpc) is 2.75. The second-order valence-electron chi connectivity index (χ2n) is 4.39. The van der Waals surface area contributed by atoms with Crippen LogP contribution in [-0.4, -0.2) is 43.1 Å². The van der Waals surface area contributed by atoms with Crippen molar-refractivity contribution in [3.8, 4) is 0 Å². The van der Waals surface area contributed by atoms with Crippen LogP contribution in [0.15, 0.2) is 18.2 Å². The van der Waals surface area contributed by atoms with E-state index in [0.29, 0.717) is 30.9 Å². The number of nitrogens with two attached hydrogens (primary N) is 1. The summed E-state index contributed by atoms with van der Waals surface area (Å²) in [6.07, 6.45) is 0. The van der Waals surface area contributed by atoms with Crippen LogP contribution >= 0.6 is 0 Å². The molecule has 1 saturated heterocycles. The van der Waals surface area contributed by atoms with Crippen LogP contribution < -0.4 is 11.1 Å². The summed E-state index contributed by atoms with van der Waals surface area (Å²) in [4.78, 5) is 24.8. The Morgan fingerprint density at radius 1 is 1.53 bits per heavy atom. The van der Waals surface area contributed by atoms with E-state index in [1.807, 2.05) is 0 Å². The molecule has 1 heterocycles. The van der Waals surface area contributed by atoms with Crippen molar-refractivity contribution in [1.82, 2.24) is 10.2 Å². The molecule has 19 heavy (non-hydrogen) atoms. The number of hydrogen-bond donors (Lipinski definition) is 2. The Labute approximate surface area is 111 Å². The van der Waals surface area contributed by atoms with Gasteiger partial charge in [-0.05, 0) is 18.6 Å². The van der Waals surface area contributed by atoms with Gasteiger partial charge in [-0.25, -0.2) is 9.59 Å². The lowest BCUT2D eigenvalue weighted by Crippen LogP contribution is -2.31. The van der Waals surface area contributed by atoms with Gasteiger partial charge in [0.15, 0.2) is 0 Å². The number of rotatable bonds is 4. The monoisotopic (exact) mass is 263 g/mol. The lowest BCUT2D eigenvalue weighted by atomic mass is 10.1. The van der Waals surface area contributed by atoms with Gasteiger partial charge in [-0.2, -0.15) is 0 Å². The van der Waals surface area contributed by atoms with Crippen molar-refractivity contribution in [2.45, 2.75) is 6.92 Å². The maximum atomic E-state index is 11.9. The van der Waals surface area contributed by atoms with Gasteiger partial charge in [-0.3, -0.25) is 0 Å². The fourth-order valence-electron chi connectivity index (χ4n) is 2.01. The van der Waals surface area contributed by atoms with E-state index < -0.39 is 5.97 Å². The zero-order chi connectivity index (χ0) is 13.8. The number of ether oxygens (including phenoxy) is 1. The fraction of sp³-hybridized carbons (Fsp3) is 0.385. The molecule has 6 heteroatoms. The maximum absolute atomic E-state index is 11.9.